The molecule has 3 aliphatic rings. The van der Waals surface area contributed by atoms with E-state index in [-0.39, 0.29) is 5.91 Å². The van der Waals surface area contributed by atoms with Crippen molar-refractivity contribution in [3.05, 3.63) is 12.2 Å². The summed E-state index contributed by atoms with van der Waals surface area (Å²) < 4.78 is 5.51. The third-order valence-electron chi connectivity index (χ3n) is 4.39. The molecule has 2 fully saturated rings. The minimum Gasteiger partial charge on any atom is -0.550 e. The molecular weight excluding hydrogens is 248 g/mol. The maximum Gasteiger partial charge on any atom is 0.229 e. The Morgan fingerprint density at radius 1 is 1.21 bits per heavy atom. The Morgan fingerprint density at radius 2 is 1.79 bits per heavy atom. The van der Waals surface area contributed by atoms with Gasteiger partial charge in [-0.2, -0.15) is 0 Å². The predicted molar refractivity (Wildman–Crippen MR) is 63.0 cm³/mol. The lowest BCUT2D eigenvalue weighted by Crippen LogP contribution is -3.12. The maximum absolute atomic E-state index is 12.5. The van der Waals surface area contributed by atoms with E-state index in [0.29, 0.717) is 13.1 Å². The summed E-state index contributed by atoms with van der Waals surface area (Å²) in [6.45, 7) is 3.17. The minimum absolute atomic E-state index is 0.0986. The van der Waals surface area contributed by atoms with E-state index in [2.05, 4.69) is 7.05 Å². The number of piperazine rings is 1. The number of carboxylic acid groups (broad SMARTS) is 1. The lowest BCUT2D eigenvalue weighted by Gasteiger charge is -2.34. The molecule has 6 nitrogen and oxygen atoms in total. The largest absolute Gasteiger partial charge is 0.550 e. The van der Waals surface area contributed by atoms with Crippen molar-refractivity contribution >= 4 is 11.9 Å². The average Bonchev–Trinajstić information content (AvgIpc) is 2.98. The molecule has 1 N–H and O–H groups in total. The second kappa shape index (κ2) is 4.61. The molecule has 6 heteroatoms. The van der Waals surface area contributed by atoms with Crippen LogP contribution in [0.4, 0.5) is 0 Å². The van der Waals surface area contributed by atoms with E-state index in [1.165, 1.54) is 4.90 Å². The number of carboxylic acids is 1. The van der Waals surface area contributed by atoms with Gasteiger partial charge >= 0.3 is 0 Å². The van der Waals surface area contributed by atoms with Crippen LogP contribution in [0.25, 0.3) is 0 Å². The lowest BCUT2D eigenvalue weighted by molar-refractivity contribution is -0.883. The number of fused-ring (bicyclic) bond motifs is 2. The van der Waals surface area contributed by atoms with Gasteiger partial charge in [-0.05, 0) is 0 Å². The van der Waals surface area contributed by atoms with Crippen LogP contribution in [0.1, 0.15) is 0 Å². The van der Waals surface area contributed by atoms with E-state index < -0.39 is 30.0 Å². The first-order valence-corrected chi connectivity index (χ1v) is 6.72. The number of ether oxygens (including phenoxy) is 1. The molecule has 104 valence electrons. The van der Waals surface area contributed by atoms with E-state index in [1.807, 2.05) is 0 Å². The number of nitrogens with one attached hydrogen (secondary N) is 1. The van der Waals surface area contributed by atoms with Gasteiger partial charge in [0.25, 0.3) is 0 Å². The van der Waals surface area contributed by atoms with Crippen molar-refractivity contribution in [3.8, 4) is 0 Å². The zero-order valence-corrected chi connectivity index (χ0v) is 10.9. The molecule has 3 aliphatic heterocycles. The Bertz CT molecular complexity index is 428. The topological polar surface area (TPSA) is 74.1 Å². The molecular formula is C13H18N2O4. The third kappa shape index (κ3) is 2.04. The van der Waals surface area contributed by atoms with Gasteiger partial charge in [0.15, 0.2) is 0 Å². The highest BCUT2D eigenvalue weighted by molar-refractivity contribution is 5.86. The zero-order valence-electron chi connectivity index (χ0n) is 10.9. The average molecular weight is 266 g/mol. The number of likely N-dealkylation sites (N-methyl/N-ethyl adjacent to an activating group) is 1. The summed E-state index contributed by atoms with van der Waals surface area (Å²) in [5.74, 6) is -2.73. The molecule has 0 radical (unpaired) electrons. The molecule has 0 aromatic rings. The Labute approximate surface area is 111 Å². The maximum atomic E-state index is 12.5. The van der Waals surface area contributed by atoms with Crippen molar-refractivity contribution in [2.24, 2.45) is 11.8 Å². The normalized spacial score (nSPS) is 37.8. The number of aliphatic carboxylic acids is 1. The molecule has 0 spiro atoms. The number of carbonyl (C=O) groups is 2. The summed E-state index contributed by atoms with van der Waals surface area (Å²) in [6.07, 6.45) is 2.63. The summed E-state index contributed by atoms with van der Waals surface area (Å²) in [4.78, 5) is 26.9. The number of nitrogens with zero attached hydrogens (tertiary/aromatic N) is 1. The summed E-state index contributed by atoms with van der Waals surface area (Å²) in [7, 11) is 2.09. The number of hydrogen-bond donors (Lipinski definition) is 1. The lowest BCUT2D eigenvalue weighted by atomic mass is 9.82. The first-order chi connectivity index (χ1) is 9.08. The van der Waals surface area contributed by atoms with Crippen LogP contribution >= 0.6 is 0 Å². The van der Waals surface area contributed by atoms with Crippen molar-refractivity contribution in [2.45, 2.75) is 12.2 Å². The van der Waals surface area contributed by atoms with Gasteiger partial charge in [0.1, 0.15) is 0 Å². The van der Waals surface area contributed by atoms with Crippen LogP contribution in [0.15, 0.2) is 12.2 Å². The van der Waals surface area contributed by atoms with Crippen molar-refractivity contribution < 1.29 is 24.3 Å². The molecule has 2 bridgehead atoms. The number of rotatable bonds is 2. The molecule has 0 aromatic heterocycles. The highest BCUT2D eigenvalue weighted by Crippen LogP contribution is 2.39. The van der Waals surface area contributed by atoms with Gasteiger partial charge in [0.05, 0.1) is 51.4 Å². The number of carbonyl (C=O) groups excluding carboxylic acids is 2. The molecule has 3 heterocycles. The smallest absolute Gasteiger partial charge is 0.229 e. The first kappa shape index (κ1) is 12.6. The van der Waals surface area contributed by atoms with Crippen LogP contribution in [0, 0.1) is 11.8 Å². The Morgan fingerprint density at radius 3 is 2.37 bits per heavy atom. The predicted octanol–water partition coefficient (Wildman–Crippen LogP) is -3.34. The van der Waals surface area contributed by atoms with Gasteiger partial charge in [0.2, 0.25) is 5.91 Å². The van der Waals surface area contributed by atoms with Crippen LogP contribution in [-0.2, 0) is 14.3 Å². The fourth-order valence-electron chi connectivity index (χ4n) is 3.20. The second-order valence-corrected chi connectivity index (χ2v) is 5.60. The summed E-state index contributed by atoms with van der Waals surface area (Å²) in [5, 5.41) is 11.2. The van der Waals surface area contributed by atoms with Gasteiger partial charge in [0, 0.05) is 11.9 Å². The molecule has 2 saturated heterocycles. The Kier molecular flexibility index (Phi) is 3.06. The number of hydrogen-bond acceptors (Lipinski definition) is 4. The van der Waals surface area contributed by atoms with Crippen LogP contribution < -0.4 is 10.0 Å². The van der Waals surface area contributed by atoms with Crippen LogP contribution in [0.2, 0.25) is 0 Å². The summed E-state index contributed by atoms with van der Waals surface area (Å²) in [6, 6.07) is 0. The Hall–Kier alpha value is -1.40. The van der Waals surface area contributed by atoms with Crippen LogP contribution in [0.5, 0.6) is 0 Å². The Balaban J connectivity index is 1.75. The van der Waals surface area contributed by atoms with Gasteiger partial charge in [-0.3, -0.25) is 4.79 Å². The third-order valence-corrected chi connectivity index (χ3v) is 4.39. The molecule has 0 aromatic carbocycles. The van der Waals surface area contributed by atoms with Crippen molar-refractivity contribution in [2.75, 3.05) is 33.2 Å². The molecule has 1 amide bonds. The van der Waals surface area contributed by atoms with Crippen LogP contribution in [-0.4, -0.2) is 62.2 Å². The van der Waals surface area contributed by atoms with Gasteiger partial charge in [-0.15, -0.1) is 0 Å². The fraction of sp³-hybridized carbons (Fsp3) is 0.692. The van der Waals surface area contributed by atoms with Crippen LogP contribution in [0.3, 0.4) is 0 Å². The van der Waals surface area contributed by atoms with E-state index in [1.54, 1.807) is 17.1 Å². The number of amides is 1. The zero-order chi connectivity index (χ0) is 13.6. The van der Waals surface area contributed by atoms with Gasteiger partial charge in [-0.25, -0.2) is 0 Å². The molecule has 0 saturated carbocycles. The van der Waals surface area contributed by atoms with E-state index in [4.69, 9.17) is 4.74 Å². The molecule has 0 aliphatic carbocycles. The first-order valence-electron chi connectivity index (χ1n) is 6.72. The van der Waals surface area contributed by atoms with Crippen molar-refractivity contribution in [3.63, 3.8) is 0 Å². The minimum atomic E-state index is -1.19. The molecule has 4 atom stereocenters. The summed E-state index contributed by atoms with van der Waals surface area (Å²) >= 11 is 0. The van der Waals surface area contributed by atoms with Gasteiger partial charge < -0.3 is 24.4 Å². The highest BCUT2D eigenvalue weighted by atomic mass is 16.5. The van der Waals surface area contributed by atoms with E-state index in [9.17, 15) is 14.7 Å². The standard InChI is InChI=1S/C13H18N2O4/c1-14-4-6-15(7-5-14)12(16)10-8-2-3-9(19-8)11(10)13(17)18/h2-3,8-11H,4-7H2,1H3,(H,17,18)/t8-,9+,10?,11?/m1/s1. The molecule has 2 unspecified atom stereocenters. The molecule has 3 rings (SSSR count). The van der Waals surface area contributed by atoms with Gasteiger partial charge in [-0.1, -0.05) is 12.2 Å². The van der Waals surface area contributed by atoms with E-state index >= 15 is 0 Å². The van der Waals surface area contributed by atoms with E-state index in [0.717, 1.165) is 13.1 Å². The number of quaternary nitrogens is 1. The van der Waals surface area contributed by atoms with Crippen molar-refractivity contribution in [1.29, 1.82) is 0 Å². The van der Waals surface area contributed by atoms with Crippen molar-refractivity contribution in [1.82, 2.24) is 4.90 Å². The molecule has 19 heavy (non-hydrogen) atoms. The fourth-order valence-corrected chi connectivity index (χ4v) is 3.20. The second-order valence-electron chi connectivity index (χ2n) is 5.60. The SMILES string of the molecule is C[NH+]1CCN(C(=O)C2C(C(=O)[O-])[C@@H]3C=C[C@H]2O3)CC1. The summed E-state index contributed by atoms with van der Waals surface area (Å²) in [5.41, 5.74) is 0. The highest BCUT2D eigenvalue weighted by Gasteiger charge is 2.51. The quantitative estimate of drug-likeness (QED) is 0.530. The monoisotopic (exact) mass is 266 g/mol.